The number of anilines is 1. The molecule has 2 heterocycles. The average Bonchev–Trinajstić information content (AvgIpc) is 3.25. The van der Waals surface area contributed by atoms with Gasteiger partial charge in [0.15, 0.2) is 0 Å². The van der Waals surface area contributed by atoms with Crippen LogP contribution < -0.4 is 10.6 Å². The molecule has 2 amide bonds. The molecule has 7 nitrogen and oxygen atoms in total. The van der Waals surface area contributed by atoms with E-state index in [-0.39, 0.29) is 30.4 Å². The summed E-state index contributed by atoms with van der Waals surface area (Å²) in [5.41, 5.74) is 0.477. The molecule has 0 aliphatic carbocycles. The van der Waals surface area contributed by atoms with Gasteiger partial charge in [0.05, 0.1) is 23.9 Å². The smallest absolute Gasteiger partial charge is 0.241 e. The van der Waals surface area contributed by atoms with E-state index < -0.39 is 5.82 Å². The molecular weight excluding hydrogens is 351 g/mol. The first-order valence-corrected chi connectivity index (χ1v) is 8.90. The third kappa shape index (κ3) is 5.37. The lowest BCUT2D eigenvalue weighted by Crippen LogP contribution is -2.41. The largest absolute Gasteiger partial charge is 0.373 e. The van der Waals surface area contributed by atoms with Crippen molar-refractivity contribution in [1.82, 2.24) is 15.1 Å². The van der Waals surface area contributed by atoms with Crippen LogP contribution in [0.25, 0.3) is 0 Å². The molecular formula is C19H23FN4O3. The maximum atomic E-state index is 13.6. The van der Waals surface area contributed by atoms with Gasteiger partial charge in [-0.15, -0.1) is 0 Å². The summed E-state index contributed by atoms with van der Waals surface area (Å²) in [4.78, 5) is 24.1. The third-order valence-corrected chi connectivity index (χ3v) is 4.49. The van der Waals surface area contributed by atoms with E-state index in [2.05, 4.69) is 15.7 Å². The van der Waals surface area contributed by atoms with Crippen molar-refractivity contribution < 1.29 is 18.7 Å². The Morgan fingerprint density at radius 3 is 2.89 bits per heavy atom. The summed E-state index contributed by atoms with van der Waals surface area (Å²) >= 11 is 0. The lowest BCUT2D eigenvalue weighted by molar-refractivity contribution is -0.123. The van der Waals surface area contributed by atoms with Crippen molar-refractivity contribution in [2.24, 2.45) is 0 Å². The van der Waals surface area contributed by atoms with E-state index in [1.165, 1.54) is 16.9 Å². The zero-order chi connectivity index (χ0) is 19.3. The number of carbonyl (C=O) groups is 2. The SMILES string of the molecule is C[C@@]1(CNC(=O)Cn2cc(NC(=O)Cc3ccccc3F)cn2)CCCO1. The van der Waals surface area contributed by atoms with Crippen molar-refractivity contribution in [3.05, 3.63) is 48.0 Å². The lowest BCUT2D eigenvalue weighted by atomic mass is 10.0. The number of nitrogens with zero attached hydrogens (tertiary/aromatic N) is 2. The number of hydrogen-bond donors (Lipinski definition) is 2. The van der Waals surface area contributed by atoms with Crippen molar-refractivity contribution in [2.75, 3.05) is 18.5 Å². The number of nitrogens with one attached hydrogen (secondary N) is 2. The Balaban J connectivity index is 1.47. The number of rotatable bonds is 7. The maximum absolute atomic E-state index is 13.6. The van der Waals surface area contributed by atoms with Gasteiger partial charge in [0.1, 0.15) is 12.4 Å². The van der Waals surface area contributed by atoms with Gasteiger partial charge in [-0.05, 0) is 31.4 Å². The molecule has 27 heavy (non-hydrogen) atoms. The zero-order valence-electron chi connectivity index (χ0n) is 15.2. The Hall–Kier alpha value is -2.74. The van der Waals surface area contributed by atoms with E-state index in [0.29, 0.717) is 17.8 Å². The van der Waals surface area contributed by atoms with Crippen LogP contribution in [0.2, 0.25) is 0 Å². The van der Waals surface area contributed by atoms with Gasteiger partial charge in [-0.3, -0.25) is 14.3 Å². The minimum atomic E-state index is -0.417. The van der Waals surface area contributed by atoms with Crippen LogP contribution in [0, 0.1) is 5.82 Å². The van der Waals surface area contributed by atoms with Crippen LogP contribution >= 0.6 is 0 Å². The van der Waals surface area contributed by atoms with Gasteiger partial charge in [-0.1, -0.05) is 18.2 Å². The second-order valence-corrected chi connectivity index (χ2v) is 6.92. The first-order chi connectivity index (χ1) is 12.9. The lowest BCUT2D eigenvalue weighted by Gasteiger charge is -2.23. The first-order valence-electron chi connectivity index (χ1n) is 8.90. The minimum absolute atomic E-state index is 0.0409. The molecule has 1 aromatic carbocycles. The highest BCUT2D eigenvalue weighted by Gasteiger charge is 2.29. The van der Waals surface area contributed by atoms with E-state index >= 15 is 0 Å². The molecule has 1 fully saturated rings. The molecule has 1 saturated heterocycles. The van der Waals surface area contributed by atoms with Crippen LogP contribution in [0.4, 0.5) is 10.1 Å². The Bertz CT molecular complexity index is 815. The molecule has 1 aromatic heterocycles. The summed E-state index contributed by atoms with van der Waals surface area (Å²) in [7, 11) is 0. The number of aromatic nitrogens is 2. The van der Waals surface area contributed by atoms with Crippen LogP contribution in [0.1, 0.15) is 25.3 Å². The van der Waals surface area contributed by atoms with Crippen molar-refractivity contribution >= 4 is 17.5 Å². The molecule has 8 heteroatoms. The topological polar surface area (TPSA) is 85.3 Å². The van der Waals surface area contributed by atoms with Gasteiger partial charge >= 0.3 is 0 Å². The Labute approximate surface area is 156 Å². The fraction of sp³-hybridized carbons (Fsp3) is 0.421. The third-order valence-electron chi connectivity index (χ3n) is 4.49. The van der Waals surface area contributed by atoms with E-state index in [9.17, 15) is 14.0 Å². The molecule has 1 atom stereocenters. The molecule has 2 aromatic rings. The summed E-state index contributed by atoms with van der Waals surface area (Å²) in [5, 5.41) is 9.57. The van der Waals surface area contributed by atoms with Crippen LogP contribution in [0.15, 0.2) is 36.7 Å². The quantitative estimate of drug-likeness (QED) is 0.775. The van der Waals surface area contributed by atoms with E-state index in [4.69, 9.17) is 4.74 Å². The van der Waals surface area contributed by atoms with Crippen molar-refractivity contribution in [1.29, 1.82) is 0 Å². The van der Waals surface area contributed by atoms with Crippen molar-refractivity contribution in [3.8, 4) is 0 Å². The normalized spacial score (nSPS) is 19.0. The summed E-state index contributed by atoms with van der Waals surface area (Å²) in [6.07, 6.45) is 4.87. The van der Waals surface area contributed by atoms with Gasteiger partial charge in [0.25, 0.3) is 0 Å². The van der Waals surface area contributed by atoms with Crippen LogP contribution in [-0.2, 0) is 27.3 Å². The van der Waals surface area contributed by atoms with E-state index in [1.54, 1.807) is 24.4 Å². The van der Waals surface area contributed by atoms with Crippen LogP contribution in [0.3, 0.4) is 0 Å². The highest BCUT2D eigenvalue weighted by atomic mass is 19.1. The molecule has 0 unspecified atom stereocenters. The second-order valence-electron chi connectivity index (χ2n) is 6.92. The molecule has 0 bridgehead atoms. The second kappa shape index (κ2) is 8.30. The Morgan fingerprint density at radius 2 is 2.15 bits per heavy atom. The monoisotopic (exact) mass is 374 g/mol. The molecule has 3 rings (SSSR count). The number of halogens is 1. The molecule has 0 saturated carbocycles. The summed E-state index contributed by atoms with van der Waals surface area (Å²) < 4.78 is 20.7. The summed E-state index contributed by atoms with van der Waals surface area (Å²) in [5.74, 6) is -0.950. The highest BCUT2D eigenvalue weighted by Crippen LogP contribution is 2.23. The minimum Gasteiger partial charge on any atom is -0.373 e. The Morgan fingerprint density at radius 1 is 1.33 bits per heavy atom. The van der Waals surface area contributed by atoms with E-state index in [1.807, 2.05) is 6.92 Å². The predicted molar refractivity (Wildman–Crippen MR) is 97.6 cm³/mol. The molecule has 1 aliphatic heterocycles. The van der Waals surface area contributed by atoms with Gasteiger partial charge in [0.2, 0.25) is 11.8 Å². The molecule has 0 spiro atoms. The van der Waals surface area contributed by atoms with Gasteiger partial charge in [-0.2, -0.15) is 5.10 Å². The number of amides is 2. The maximum Gasteiger partial charge on any atom is 0.241 e. The zero-order valence-corrected chi connectivity index (χ0v) is 15.2. The summed E-state index contributed by atoms with van der Waals surface area (Å²) in [6.45, 7) is 3.21. The van der Waals surface area contributed by atoms with Crippen LogP contribution in [0.5, 0.6) is 0 Å². The van der Waals surface area contributed by atoms with Crippen LogP contribution in [-0.4, -0.2) is 40.3 Å². The Kier molecular flexibility index (Phi) is 5.85. The number of ether oxygens (including phenoxy) is 1. The van der Waals surface area contributed by atoms with Gasteiger partial charge < -0.3 is 15.4 Å². The molecule has 2 N–H and O–H groups in total. The fourth-order valence-electron chi connectivity index (χ4n) is 3.00. The highest BCUT2D eigenvalue weighted by molar-refractivity contribution is 5.92. The standard InChI is InChI=1S/C19H23FN4O3/c1-19(7-4-8-27-19)13-21-18(26)12-24-11-15(10-22-24)23-17(25)9-14-5-2-3-6-16(14)20/h2-3,5-6,10-11H,4,7-9,12-13H2,1H3,(H,21,26)(H,23,25)/t19-/m0/s1. The van der Waals surface area contributed by atoms with E-state index in [0.717, 1.165) is 19.4 Å². The summed E-state index contributed by atoms with van der Waals surface area (Å²) in [6, 6.07) is 6.14. The number of carbonyl (C=O) groups excluding carboxylic acids is 2. The number of hydrogen-bond acceptors (Lipinski definition) is 4. The molecule has 144 valence electrons. The molecule has 1 aliphatic rings. The van der Waals surface area contributed by atoms with Crippen molar-refractivity contribution in [3.63, 3.8) is 0 Å². The molecule has 0 radical (unpaired) electrons. The fourth-order valence-corrected chi connectivity index (χ4v) is 3.00. The average molecular weight is 374 g/mol. The van der Waals surface area contributed by atoms with Crippen molar-refractivity contribution in [2.45, 2.75) is 38.3 Å². The first kappa shape index (κ1) is 19.0. The predicted octanol–water partition coefficient (Wildman–Crippen LogP) is 1.89. The van der Waals surface area contributed by atoms with Gasteiger partial charge in [-0.25, -0.2) is 4.39 Å². The van der Waals surface area contributed by atoms with Gasteiger partial charge in [0, 0.05) is 19.3 Å². The number of benzene rings is 1.